The maximum Gasteiger partial charge on any atom is 0.405 e. The Hall–Kier alpha value is -4.46. The lowest BCUT2D eigenvalue weighted by Crippen LogP contribution is -2.58. The summed E-state index contributed by atoms with van der Waals surface area (Å²) in [6.45, 7) is -0.0176. The van der Waals surface area contributed by atoms with Gasteiger partial charge in [0, 0.05) is 17.2 Å². The molecule has 4 N–H and O–H groups in total. The zero-order valence-electron chi connectivity index (χ0n) is 27.1. The van der Waals surface area contributed by atoms with E-state index in [1.807, 2.05) is 48.5 Å². The average Bonchev–Trinajstić information content (AvgIpc) is 4.00. The lowest BCUT2D eigenvalue weighted by Gasteiger charge is -2.29. The Balaban J connectivity index is 1.20. The zero-order chi connectivity index (χ0) is 34.3. The van der Waals surface area contributed by atoms with Crippen LogP contribution in [0.25, 0.3) is 21.7 Å². The van der Waals surface area contributed by atoms with Crippen LogP contribution in [-0.4, -0.2) is 82.7 Å². The van der Waals surface area contributed by atoms with Gasteiger partial charge in [0.25, 0.3) is 5.91 Å². The van der Waals surface area contributed by atoms with Crippen molar-refractivity contribution in [1.82, 2.24) is 25.2 Å². The molecule has 14 heteroatoms. The maximum absolute atomic E-state index is 14.2. The molecule has 4 fully saturated rings. The van der Waals surface area contributed by atoms with Crippen LogP contribution in [-0.2, 0) is 24.4 Å². The molecule has 4 aliphatic rings. The third-order valence-corrected chi connectivity index (χ3v) is 12.2. The Morgan fingerprint density at radius 2 is 1.59 bits per heavy atom. The van der Waals surface area contributed by atoms with Gasteiger partial charge in [-0.3, -0.25) is 19.1 Å². The Labute approximate surface area is 284 Å². The SMILES string of the molecule is O=C(O)NC1CCCCCCCC2C[C@@]2(C(=O)NS(=O)(=O)C2CC2)NC(=O)[C@@H]2C[C@@H](Oc3nc4ccccc4c4ccccc34)CN2C1=O. The van der Waals surface area contributed by atoms with Crippen molar-refractivity contribution in [2.24, 2.45) is 5.92 Å². The predicted molar refractivity (Wildman–Crippen MR) is 180 cm³/mol. The number of hydrogen-bond donors (Lipinski definition) is 4. The minimum absolute atomic E-state index is 0.0176. The number of carbonyl (C=O) groups is 4. The van der Waals surface area contributed by atoms with Crippen molar-refractivity contribution in [1.29, 1.82) is 0 Å². The molecule has 2 saturated heterocycles. The van der Waals surface area contributed by atoms with E-state index in [0.29, 0.717) is 38.0 Å². The summed E-state index contributed by atoms with van der Waals surface area (Å²) in [4.78, 5) is 59.8. The Morgan fingerprint density at radius 1 is 0.918 bits per heavy atom. The first kappa shape index (κ1) is 33.1. The molecule has 0 bridgehead atoms. The molecule has 4 amide bonds. The van der Waals surface area contributed by atoms with E-state index in [1.54, 1.807) is 0 Å². The van der Waals surface area contributed by atoms with Crippen molar-refractivity contribution in [3.05, 3.63) is 48.5 Å². The van der Waals surface area contributed by atoms with Crippen molar-refractivity contribution in [2.75, 3.05) is 6.54 Å². The van der Waals surface area contributed by atoms with E-state index in [-0.39, 0.29) is 25.3 Å². The summed E-state index contributed by atoms with van der Waals surface area (Å²) in [7, 11) is -3.86. The minimum Gasteiger partial charge on any atom is -0.472 e. The second-order valence-corrected chi connectivity index (χ2v) is 15.8. The summed E-state index contributed by atoms with van der Waals surface area (Å²) in [6, 6.07) is 13.2. The maximum atomic E-state index is 14.2. The number of carboxylic acid groups (broad SMARTS) is 1. The molecular formula is C35H41N5O8S. The van der Waals surface area contributed by atoms with E-state index in [2.05, 4.69) is 15.4 Å². The van der Waals surface area contributed by atoms with Crippen molar-refractivity contribution in [3.63, 3.8) is 0 Å². The second-order valence-electron chi connectivity index (χ2n) is 13.8. The van der Waals surface area contributed by atoms with Gasteiger partial charge in [-0.2, -0.15) is 0 Å². The summed E-state index contributed by atoms with van der Waals surface area (Å²) in [5.74, 6) is -1.81. The Morgan fingerprint density at radius 3 is 2.33 bits per heavy atom. The highest BCUT2D eigenvalue weighted by Gasteiger charge is 2.62. The molecule has 2 aromatic carbocycles. The fourth-order valence-corrected chi connectivity index (χ4v) is 8.89. The standard InChI is InChI=1S/C35H41N5O8S/c41-30-29-18-22(48-31-26-13-7-6-11-24(26)25-12-8-9-14-27(25)36-31)20-40(29)32(42)28(37-34(44)45)15-5-3-1-2-4-10-21-19-35(21,38-30)33(43)39-49(46,47)23-16-17-23/h6-9,11-14,21-23,28-29,37H,1-5,10,15-20H2,(H,38,41)(H,39,43)(H,44,45)/t21?,22-,28?,29+,35-/m1/s1. The van der Waals surface area contributed by atoms with E-state index < -0.39 is 62.8 Å². The second kappa shape index (κ2) is 13.1. The number of fused-ring (bicyclic) bond motifs is 5. The molecule has 2 aliphatic heterocycles. The molecule has 2 saturated carbocycles. The number of nitrogens with one attached hydrogen (secondary N) is 3. The first-order valence-corrected chi connectivity index (χ1v) is 18.7. The quantitative estimate of drug-likeness (QED) is 0.281. The van der Waals surface area contributed by atoms with Gasteiger partial charge < -0.3 is 25.4 Å². The smallest absolute Gasteiger partial charge is 0.405 e. The number of ether oxygens (including phenoxy) is 1. The monoisotopic (exact) mass is 691 g/mol. The van der Waals surface area contributed by atoms with Crippen LogP contribution in [0.5, 0.6) is 5.88 Å². The number of aromatic nitrogens is 1. The fraction of sp³-hybridized carbons (Fsp3) is 0.514. The average molecular weight is 692 g/mol. The summed E-state index contributed by atoms with van der Waals surface area (Å²) < 4.78 is 34.2. The first-order valence-electron chi connectivity index (χ1n) is 17.2. The van der Waals surface area contributed by atoms with E-state index in [9.17, 15) is 32.7 Å². The predicted octanol–water partition coefficient (Wildman–Crippen LogP) is 3.60. The molecule has 260 valence electrons. The fourth-order valence-electron chi connectivity index (χ4n) is 7.52. The summed E-state index contributed by atoms with van der Waals surface area (Å²) in [5.41, 5.74) is -0.695. The van der Waals surface area contributed by atoms with Crippen LogP contribution in [0.3, 0.4) is 0 Å². The number of nitrogens with zero attached hydrogens (tertiary/aromatic N) is 2. The van der Waals surface area contributed by atoms with E-state index in [4.69, 9.17) is 9.72 Å². The molecular weight excluding hydrogens is 650 g/mol. The number of hydrogen-bond acceptors (Lipinski definition) is 8. The lowest BCUT2D eigenvalue weighted by molar-refractivity contribution is -0.141. The number of pyridine rings is 1. The highest BCUT2D eigenvalue weighted by Crippen LogP contribution is 2.48. The van der Waals surface area contributed by atoms with Crippen LogP contribution >= 0.6 is 0 Å². The highest BCUT2D eigenvalue weighted by atomic mass is 32.2. The van der Waals surface area contributed by atoms with Gasteiger partial charge in [0.15, 0.2) is 0 Å². The van der Waals surface area contributed by atoms with Gasteiger partial charge in [0.1, 0.15) is 23.7 Å². The van der Waals surface area contributed by atoms with Crippen LogP contribution in [0.2, 0.25) is 0 Å². The highest BCUT2D eigenvalue weighted by molar-refractivity contribution is 7.91. The number of amides is 4. The number of rotatable bonds is 6. The van der Waals surface area contributed by atoms with Crippen LogP contribution in [0.15, 0.2) is 48.5 Å². The summed E-state index contributed by atoms with van der Waals surface area (Å²) in [5, 5.41) is 16.9. The first-order chi connectivity index (χ1) is 23.6. The van der Waals surface area contributed by atoms with Crippen molar-refractivity contribution in [3.8, 4) is 5.88 Å². The normalized spacial score (nSPS) is 28.0. The minimum atomic E-state index is -3.86. The van der Waals surface area contributed by atoms with Gasteiger partial charge in [-0.1, -0.05) is 68.5 Å². The molecule has 3 heterocycles. The van der Waals surface area contributed by atoms with Gasteiger partial charge >= 0.3 is 6.09 Å². The van der Waals surface area contributed by atoms with Gasteiger partial charge in [-0.05, 0) is 55.5 Å². The number of para-hydroxylation sites is 1. The Kier molecular flexibility index (Phi) is 8.84. The van der Waals surface area contributed by atoms with Crippen LogP contribution in [0, 0.1) is 5.92 Å². The lowest BCUT2D eigenvalue weighted by atomic mass is 10.0. The third-order valence-electron chi connectivity index (χ3n) is 10.4. The zero-order valence-corrected chi connectivity index (χ0v) is 27.9. The largest absolute Gasteiger partial charge is 0.472 e. The molecule has 1 aromatic heterocycles. The van der Waals surface area contributed by atoms with Gasteiger partial charge in [-0.15, -0.1) is 0 Å². The van der Waals surface area contributed by atoms with Crippen molar-refractivity contribution < 1.29 is 37.4 Å². The molecule has 2 unspecified atom stereocenters. The van der Waals surface area contributed by atoms with Gasteiger partial charge in [0.05, 0.1) is 17.3 Å². The molecule has 49 heavy (non-hydrogen) atoms. The molecule has 2 aliphatic carbocycles. The molecule has 13 nitrogen and oxygen atoms in total. The number of sulfonamides is 1. The Bertz CT molecular complexity index is 1920. The number of carbonyl (C=O) groups excluding carboxylic acids is 3. The molecule has 3 aromatic rings. The molecule has 7 rings (SSSR count). The van der Waals surface area contributed by atoms with E-state index >= 15 is 0 Å². The summed E-state index contributed by atoms with van der Waals surface area (Å²) >= 11 is 0. The van der Waals surface area contributed by atoms with E-state index in [1.165, 1.54) is 4.90 Å². The van der Waals surface area contributed by atoms with Crippen LogP contribution in [0.1, 0.15) is 70.6 Å². The molecule has 0 radical (unpaired) electrons. The number of benzene rings is 2. The van der Waals surface area contributed by atoms with Crippen molar-refractivity contribution >= 4 is 55.5 Å². The topological polar surface area (TPSA) is 184 Å². The van der Waals surface area contributed by atoms with Gasteiger partial charge in [0.2, 0.25) is 27.7 Å². The van der Waals surface area contributed by atoms with E-state index in [0.717, 1.165) is 47.4 Å². The molecule has 5 atom stereocenters. The van der Waals surface area contributed by atoms with Gasteiger partial charge in [-0.25, -0.2) is 18.2 Å². The van der Waals surface area contributed by atoms with Crippen LogP contribution in [0.4, 0.5) is 4.79 Å². The summed E-state index contributed by atoms with van der Waals surface area (Å²) in [6.07, 6.45) is 4.11. The third kappa shape index (κ3) is 6.75. The van der Waals surface area contributed by atoms with Crippen LogP contribution < -0.4 is 20.1 Å². The van der Waals surface area contributed by atoms with Crippen molar-refractivity contribution in [2.45, 2.75) is 99.6 Å². The molecule has 0 spiro atoms.